The van der Waals surface area contributed by atoms with Gasteiger partial charge in [-0.3, -0.25) is 9.59 Å². The number of carbonyl (C=O) groups is 1. The fraction of sp³-hybridized carbons (Fsp3) is 0.250. The number of hydrogen-bond acceptors (Lipinski definition) is 4. The van der Waals surface area contributed by atoms with Gasteiger partial charge in [0.2, 0.25) is 0 Å². The second-order valence-corrected chi connectivity index (χ2v) is 5.56. The van der Waals surface area contributed by atoms with Crippen LogP contribution in [0.2, 0.25) is 5.02 Å². The van der Waals surface area contributed by atoms with Crippen LogP contribution in [-0.2, 0) is 17.9 Å². The monoisotopic (exact) mass is 334 g/mol. The average molecular weight is 335 g/mol. The third kappa shape index (κ3) is 3.23. The molecule has 1 aromatic heterocycles. The summed E-state index contributed by atoms with van der Waals surface area (Å²) < 4.78 is 12.2. The quantitative estimate of drug-likeness (QED) is 0.929. The highest BCUT2D eigenvalue weighted by Gasteiger charge is 2.17. The molecule has 0 radical (unpaired) electrons. The van der Waals surface area contributed by atoms with Crippen LogP contribution >= 0.6 is 11.6 Å². The fourth-order valence-electron chi connectivity index (χ4n) is 2.49. The molecule has 120 valence electrons. The van der Waals surface area contributed by atoms with Crippen molar-refractivity contribution in [2.24, 2.45) is 0 Å². The molecule has 0 aliphatic carbocycles. The van der Waals surface area contributed by atoms with Crippen molar-refractivity contribution in [3.05, 3.63) is 62.5 Å². The minimum absolute atomic E-state index is 0.162. The van der Waals surface area contributed by atoms with E-state index in [1.54, 1.807) is 19.2 Å². The first-order chi connectivity index (χ1) is 11.1. The molecule has 0 bridgehead atoms. The summed E-state index contributed by atoms with van der Waals surface area (Å²) >= 11 is 6.13. The molecule has 0 fully saturated rings. The molecule has 0 atom stereocenters. The Labute approximate surface area is 137 Å². The Morgan fingerprint density at radius 3 is 3.00 bits per heavy atom. The fourth-order valence-corrected chi connectivity index (χ4v) is 2.75. The van der Waals surface area contributed by atoms with Gasteiger partial charge in [-0.05, 0) is 18.2 Å². The van der Waals surface area contributed by atoms with Crippen molar-refractivity contribution in [3.63, 3.8) is 0 Å². The zero-order valence-electron chi connectivity index (χ0n) is 12.5. The summed E-state index contributed by atoms with van der Waals surface area (Å²) in [5.41, 5.74) is 1.81. The van der Waals surface area contributed by atoms with Gasteiger partial charge in [0, 0.05) is 35.5 Å². The van der Waals surface area contributed by atoms with Gasteiger partial charge in [0.25, 0.3) is 11.5 Å². The number of carbonyl (C=O) groups excluding carboxylic acids is 1. The summed E-state index contributed by atoms with van der Waals surface area (Å²) in [5, 5.41) is 3.08. The van der Waals surface area contributed by atoms with Gasteiger partial charge in [-0.2, -0.15) is 0 Å². The number of benzene rings is 1. The van der Waals surface area contributed by atoms with Crippen molar-refractivity contribution in [1.82, 2.24) is 9.88 Å². The summed E-state index contributed by atoms with van der Waals surface area (Å²) in [6.45, 7) is 0.831. The van der Waals surface area contributed by atoms with Crippen molar-refractivity contribution in [2.75, 3.05) is 13.8 Å². The molecule has 6 nitrogen and oxygen atoms in total. The number of aromatic nitrogens is 1. The smallest absolute Gasteiger partial charge is 0.252 e. The van der Waals surface area contributed by atoms with Crippen LogP contribution in [0.1, 0.15) is 21.5 Å². The van der Waals surface area contributed by atoms with Crippen molar-refractivity contribution in [1.29, 1.82) is 0 Å². The molecule has 3 rings (SSSR count). The van der Waals surface area contributed by atoms with E-state index in [1.807, 2.05) is 0 Å². The van der Waals surface area contributed by atoms with E-state index in [2.05, 4.69) is 5.32 Å². The van der Waals surface area contributed by atoms with Crippen molar-refractivity contribution < 1.29 is 14.3 Å². The second-order valence-electron chi connectivity index (χ2n) is 5.13. The van der Waals surface area contributed by atoms with Gasteiger partial charge in [0.05, 0.1) is 18.7 Å². The van der Waals surface area contributed by atoms with E-state index < -0.39 is 0 Å². The number of pyridine rings is 1. The lowest BCUT2D eigenvalue weighted by atomic mass is 10.1. The number of rotatable bonds is 3. The van der Waals surface area contributed by atoms with E-state index in [-0.39, 0.29) is 24.8 Å². The van der Waals surface area contributed by atoms with Crippen LogP contribution in [0.25, 0.3) is 0 Å². The lowest BCUT2D eigenvalue weighted by molar-refractivity contribution is -0.0170. The van der Waals surface area contributed by atoms with Crippen LogP contribution in [0.15, 0.2) is 35.3 Å². The van der Waals surface area contributed by atoms with Crippen LogP contribution in [0.5, 0.6) is 5.75 Å². The number of fused-ring (bicyclic) bond motifs is 1. The van der Waals surface area contributed by atoms with Crippen LogP contribution in [0.4, 0.5) is 0 Å². The number of hydrogen-bond donors (Lipinski definition) is 1. The number of nitrogens with one attached hydrogen (secondary N) is 1. The molecule has 0 spiro atoms. The molecule has 1 aliphatic heterocycles. The van der Waals surface area contributed by atoms with Crippen LogP contribution < -0.4 is 15.6 Å². The van der Waals surface area contributed by atoms with Gasteiger partial charge in [-0.15, -0.1) is 0 Å². The Bertz CT molecular complexity index is 816. The van der Waals surface area contributed by atoms with Gasteiger partial charge in [-0.1, -0.05) is 11.6 Å². The zero-order chi connectivity index (χ0) is 16.4. The highest BCUT2D eigenvalue weighted by Crippen LogP contribution is 2.31. The maximum Gasteiger partial charge on any atom is 0.252 e. The van der Waals surface area contributed by atoms with E-state index >= 15 is 0 Å². The Hall–Kier alpha value is -2.31. The summed E-state index contributed by atoms with van der Waals surface area (Å²) in [7, 11) is 1.54. The molecule has 1 N–H and O–H groups in total. The number of nitrogens with zero attached hydrogens (tertiary/aromatic N) is 1. The third-order valence-corrected chi connectivity index (χ3v) is 3.78. The number of amides is 1. The molecule has 1 amide bonds. The molecule has 7 heteroatoms. The summed E-state index contributed by atoms with van der Waals surface area (Å²) in [5.74, 6) is 0.425. The summed E-state index contributed by atoms with van der Waals surface area (Å²) in [6, 6.07) is 6.40. The average Bonchev–Trinajstić information content (AvgIpc) is 2.56. The standard InChI is InChI=1S/C16H15ClN2O4/c1-18-16(21)10-2-3-14(20)19(6-10)7-11-4-13(17)5-12-8-22-9-23-15(11)12/h2-6H,7-9H2,1H3,(H,18,21). The van der Waals surface area contributed by atoms with Crippen LogP contribution in [0, 0.1) is 0 Å². The highest BCUT2D eigenvalue weighted by molar-refractivity contribution is 6.30. The van der Waals surface area contributed by atoms with Crippen molar-refractivity contribution >= 4 is 17.5 Å². The SMILES string of the molecule is CNC(=O)c1ccc(=O)n(Cc2cc(Cl)cc3c2OCOC3)c1. The minimum atomic E-state index is -0.253. The summed E-state index contributed by atoms with van der Waals surface area (Å²) in [4.78, 5) is 23.8. The van der Waals surface area contributed by atoms with E-state index in [0.717, 1.165) is 11.1 Å². The first-order valence-corrected chi connectivity index (χ1v) is 7.40. The van der Waals surface area contributed by atoms with Crippen molar-refractivity contribution in [2.45, 2.75) is 13.2 Å². The second kappa shape index (κ2) is 6.44. The molecular formula is C16H15ClN2O4. The van der Waals surface area contributed by atoms with E-state index in [0.29, 0.717) is 22.9 Å². The Kier molecular flexibility index (Phi) is 4.36. The summed E-state index contributed by atoms with van der Waals surface area (Å²) in [6.07, 6.45) is 1.52. The molecule has 1 aromatic carbocycles. The lowest BCUT2D eigenvalue weighted by Crippen LogP contribution is -2.25. The lowest BCUT2D eigenvalue weighted by Gasteiger charge is -2.21. The first-order valence-electron chi connectivity index (χ1n) is 7.03. The van der Waals surface area contributed by atoms with Crippen LogP contribution in [-0.4, -0.2) is 24.3 Å². The number of ether oxygens (including phenoxy) is 2. The minimum Gasteiger partial charge on any atom is -0.467 e. The number of halogens is 1. The maximum atomic E-state index is 12.1. The van der Waals surface area contributed by atoms with Gasteiger partial charge in [-0.25, -0.2) is 0 Å². The van der Waals surface area contributed by atoms with Gasteiger partial charge < -0.3 is 19.4 Å². The predicted octanol–water partition coefficient (Wildman–Crippen LogP) is 1.78. The Balaban J connectivity index is 2.01. The molecule has 2 aromatic rings. The van der Waals surface area contributed by atoms with E-state index in [9.17, 15) is 9.59 Å². The Morgan fingerprint density at radius 1 is 1.39 bits per heavy atom. The van der Waals surface area contributed by atoms with Gasteiger partial charge >= 0.3 is 0 Å². The molecule has 1 aliphatic rings. The first kappa shape index (κ1) is 15.6. The molecule has 0 saturated carbocycles. The third-order valence-electron chi connectivity index (χ3n) is 3.57. The Morgan fingerprint density at radius 2 is 2.22 bits per heavy atom. The van der Waals surface area contributed by atoms with E-state index in [1.165, 1.54) is 22.9 Å². The van der Waals surface area contributed by atoms with Gasteiger partial charge in [0.1, 0.15) is 5.75 Å². The molecule has 0 unspecified atom stereocenters. The maximum absolute atomic E-state index is 12.1. The molecule has 23 heavy (non-hydrogen) atoms. The molecular weight excluding hydrogens is 320 g/mol. The normalized spacial score (nSPS) is 13.1. The predicted molar refractivity (Wildman–Crippen MR) is 84.9 cm³/mol. The molecule has 0 saturated heterocycles. The largest absolute Gasteiger partial charge is 0.467 e. The molecule has 2 heterocycles. The van der Waals surface area contributed by atoms with Gasteiger partial charge in [0.15, 0.2) is 6.79 Å². The van der Waals surface area contributed by atoms with Crippen molar-refractivity contribution in [3.8, 4) is 5.75 Å². The topological polar surface area (TPSA) is 69.6 Å². The van der Waals surface area contributed by atoms with E-state index in [4.69, 9.17) is 21.1 Å². The zero-order valence-corrected chi connectivity index (χ0v) is 13.2. The highest BCUT2D eigenvalue weighted by atomic mass is 35.5. The van der Waals surface area contributed by atoms with Crippen LogP contribution in [0.3, 0.4) is 0 Å².